The number of carbonyl (C=O) groups is 1. The summed E-state index contributed by atoms with van der Waals surface area (Å²) in [6, 6.07) is 13.4. The first kappa shape index (κ1) is 19.5. The second-order valence-corrected chi connectivity index (χ2v) is 8.65. The molecule has 6 nitrogen and oxygen atoms in total. The molecule has 1 amide bonds. The van der Waals surface area contributed by atoms with Crippen LogP contribution in [0.2, 0.25) is 5.02 Å². The molecule has 0 bridgehead atoms. The first-order valence-corrected chi connectivity index (χ1v) is 10.6. The van der Waals surface area contributed by atoms with Crippen molar-refractivity contribution in [2.45, 2.75) is 18.2 Å². The number of hydrogen-bond donors (Lipinski definition) is 2. The van der Waals surface area contributed by atoms with Gasteiger partial charge < -0.3 is 5.32 Å². The van der Waals surface area contributed by atoms with E-state index in [-0.39, 0.29) is 17.2 Å². The predicted molar refractivity (Wildman–Crippen MR) is 107 cm³/mol. The van der Waals surface area contributed by atoms with Crippen LogP contribution >= 0.6 is 23.1 Å². The summed E-state index contributed by atoms with van der Waals surface area (Å²) in [6.07, 6.45) is 0.0696. The molecule has 0 fully saturated rings. The molecule has 3 rings (SSSR count). The molecule has 0 aliphatic rings. The van der Waals surface area contributed by atoms with Gasteiger partial charge in [0, 0.05) is 16.3 Å². The van der Waals surface area contributed by atoms with E-state index in [1.54, 1.807) is 42.5 Å². The van der Waals surface area contributed by atoms with Crippen molar-refractivity contribution in [3.63, 3.8) is 0 Å². The van der Waals surface area contributed by atoms with Crippen molar-refractivity contribution in [1.82, 2.24) is 4.37 Å². The molecule has 3 aromatic rings. The molecule has 0 aliphatic heterocycles. The number of nitrogens with one attached hydrogen (secondary N) is 1. The largest absolute Gasteiger partial charge is 0.326 e. The lowest BCUT2D eigenvalue weighted by Gasteiger charge is -2.11. The summed E-state index contributed by atoms with van der Waals surface area (Å²) in [4.78, 5) is 12.9. The molecule has 2 aromatic carbocycles. The molecule has 9 heteroatoms. The summed E-state index contributed by atoms with van der Waals surface area (Å²) in [7, 11) is -3.99. The number of nitrogens with zero attached hydrogens (tertiary/aromatic N) is 1. The van der Waals surface area contributed by atoms with Gasteiger partial charge >= 0.3 is 0 Å². The third-order valence-corrected chi connectivity index (χ3v) is 6.01. The molecule has 0 radical (unpaired) electrons. The summed E-state index contributed by atoms with van der Waals surface area (Å²) in [5, 5.41) is 8.55. The van der Waals surface area contributed by atoms with Crippen LogP contribution in [0.3, 0.4) is 0 Å². The van der Waals surface area contributed by atoms with Crippen LogP contribution in [0.5, 0.6) is 0 Å². The van der Waals surface area contributed by atoms with E-state index in [0.717, 1.165) is 5.69 Å². The Morgan fingerprint density at radius 3 is 2.59 bits per heavy atom. The predicted octanol–water partition coefficient (Wildman–Crippen LogP) is 3.60. The Kier molecular flexibility index (Phi) is 5.61. The fraction of sp³-hybridized carbons (Fsp3) is 0.111. The summed E-state index contributed by atoms with van der Waals surface area (Å²) in [5.41, 5.74) is 2.25. The third kappa shape index (κ3) is 4.72. The van der Waals surface area contributed by atoms with E-state index in [4.69, 9.17) is 16.7 Å². The molecule has 27 heavy (non-hydrogen) atoms. The van der Waals surface area contributed by atoms with Gasteiger partial charge in [-0.15, -0.1) is 0 Å². The van der Waals surface area contributed by atoms with Gasteiger partial charge in [-0.25, -0.2) is 13.6 Å². The molecule has 0 unspecified atom stereocenters. The van der Waals surface area contributed by atoms with Crippen LogP contribution in [0.1, 0.15) is 11.3 Å². The Morgan fingerprint density at radius 1 is 1.22 bits per heavy atom. The third-order valence-electron chi connectivity index (χ3n) is 3.77. The SMILES string of the molecule is Cc1cc(-c2ccc(NC(=O)Cc3ccccc3Cl)cc2S(N)(=O)=O)sn1. The van der Waals surface area contributed by atoms with E-state index >= 15 is 0 Å². The standard InChI is InChI=1S/C18H16ClN3O3S2/c1-11-8-16(26-22-11)14-7-6-13(10-17(14)27(20,24)25)21-18(23)9-12-4-2-3-5-15(12)19/h2-8,10H,9H2,1H3,(H,21,23)(H2,20,24,25). The first-order chi connectivity index (χ1) is 12.7. The first-order valence-electron chi connectivity index (χ1n) is 7.88. The summed E-state index contributed by atoms with van der Waals surface area (Å²) in [6.45, 7) is 1.82. The van der Waals surface area contributed by atoms with E-state index in [9.17, 15) is 13.2 Å². The second-order valence-electron chi connectivity index (χ2n) is 5.90. The monoisotopic (exact) mass is 421 g/mol. The van der Waals surface area contributed by atoms with Crippen molar-refractivity contribution in [3.05, 3.63) is 64.8 Å². The highest BCUT2D eigenvalue weighted by Crippen LogP contribution is 2.32. The molecular weight excluding hydrogens is 406 g/mol. The number of aromatic nitrogens is 1. The smallest absolute Gasteiger partial charge is 0.238 e. The topological polar surface area (TPSA) is 102 Å². The quantitative estimate of drug-likeness (QED) is 0.656. The van der Waals surface area contributed by atoms with Gasteiger partial charge in [0.2, 0.25) is 15.9 Å². The number of aryl methyl sites for hydroxylation is 1. The van der Waals surface area contributed by atoms with E-state index in [1.165, 1.54) is 17.6 Å². The molecule has 140 valence electrons. The second kappa shape index (κ2) is 7.77. The highest BCUT2D eigenvalue weighted by molar-refractivity contribution is 7.89. The molecule has 0 saturated heterocycles. The number of primary sulfonamides is 1. The van der Waals surface area contributed by atoms with Gasteiger partial charge in [0.1, 0.15) is 0 Å². The van der Waals surface area contributed by atoms with Crippen LogP contribution in [0.4, 0.5) is 5.69 Å². The number of nitrogens with two attached hydrogens (primary N) is 1. The van der Waals surface area contributed by atoms with Crippen LogP contribution < -0.4 is 10.5 Å². The van der Waals surface area contributed by atoms with Crippen LogP contribution in [0.25, 0.3) is 10.4 Å². The molecule has 1 heterocycles. The molecule has 0 aliphatic carbocycles. The van der Waals surface area contributed by atoms with Crippen molar-refractivity contribution >= 4 is 44.8 Å². The minimum Gasteiger partial charge on any atom is -0.326 e. The Balaban J connectivity index is 1.89. The number of carbonyl (C=O) groups excluding carboxylic acids is 1. The average Bonchev–Trinajstić information content (AvgIpc) is 3.02. The number of sulfonamides is 1. The van der Waals surface area contributed by atoms with Crippen molar-refractivity contribution in [2.75, 3.05) is 5.32 Å². The van der Waals surface area contributed by atoms with Crippen LogP contribution in [0, 0.1) is 6.92 Å². The lowest BCUT2D eigenvalue weighted by atomic mass is 10.1. The number of amides is 1. The molecular formula is C18H16ClN3O3S2. The number of rotatable bonds is 5. The molecule has 0 spiro atoms. The van der Waals surface area contributed by atoms with Gasteiger partial charge in [0.15, 0.2) is 0 Å². The average molecular weight is 422 g/mol. The Labute approximate surface area is 166 Å². The van der Waals surface area contributed by atoms with Crippen LogP contribution in [-0.2, 0) is 21.2 Å². The van der Waals surface area contributed by atoms with Crippen LogP contribution in [-0.4, -0.2) is 18.7 Å². The Bertz CT molecular complexity index is 1110. The van der Waals surface area contributed by atoms with Gasteiger partial charge in [0.25, 0.3) is 0 Å². The van der Waals surface area contributed by atoms with Crippen LogP contribution in [0.15, 0.2) is 53.4 Å². The maximum absolute atomic E-state index is 12.3. The maximum atomic E-state index is 12.3. The summed E-state index contributed by atoms with van der Waals surface area (Å²) in [5.74, 6) is -0.315. The van der Waals surface area contributed by atoms with Crippen molar-refractivity contribution in [3.8, 4) is 10.4 Å². The maximum Gasteiger partial charge on any atom is 0.238 e. The molecule has 0 atom stereocenters. The number of anilines is 1. The van der Waals surface area contributed by atoms with Crippen molar-refractivity contribution in [1.29, 1.82) is 0 Å². The van der Waals surface area contributed by atoms with E-state index < -0.39 is 10.0 Å². The number of hydrogen-bond acceptors (Lipinski definition) is 5. The van der Waals surface area contributed by atoms with Gasteiger partial charge in [-0.05, 0) is 48.3 Å². The zero-order chi connectivity index (χ0) is 19.6. The minimum atomic E-state index is -3.99. The number of halogens is 1. The lowest BCUT2D eigenvalue weighted by molar-refractivity contribution is -0.115. The molecule has 0 saturated carbocycles. The van der Waals surface area contributed by atoms with Gasteiger partial charge in [-0.2, -0.15) is 4.37 Å². The summed E-state index contributed by atoms with van der Waals surface area (Å²) < 4.78 is 28.2. The normalized spacial score (nSPS) is 11.4. The van der Waals surface area contributed by atoms with Crippen molar-refractivity contribution in [2.24, 2.45) is 5.14 Å². The Morgan fingerprint density at radius 2 is 1.96 bits per heavy atom. The van der Waals surface area contributed by atoms with Crippen molar-refractivity contribution < 1.29 is 13.2 Å². The molecule has 3 N–H and O–H groups in total. The van der Waals surface area contributed by atoms with E-state index in [1.807, 2.05) is 6.92 Å². The van der Waals surface area contributed by atoms with E-state index in [2.05, 4.69) is 9.69 Å². The molecule has 1 aromatic heterocycles. The van der Waals surface area contributed by atoms with Gasteiger partial charge in [-0.1, -0.05) is 35.9 Å². The summed E-state index contributed by atoms with van der Waals surface area (Å²) >= 11 is 7.25. The van der Waals surface area contributed by atoms with E-state index in [0.29, 0.717) is 26.7 Å². The lowest BCUT2D eigenvalue weighted by Crippen LogP contribution is -2.17. The fourth-order valence-electron chi connectivity index (χ4n) is 2.55. The highest BCUT2D eigenvalue weighted by atomic mass is 35.5. The Hall–Kier alpha value is -2.26. The number of benzene rings is 2. The van der Waals surface area contributed by atoms with Gasteiger partial charge in [0.05, 0.1) is 21.9 Å². The highest BCUT2D eigenvalue weighted by Gasteiger charge is 2.18. The van der Waals surface area contributed by atoms with Gasteiger partial charge in [-0.3, -0.25) is 4.79 Å². The zero-order valence-electron chi connectivity index (χ0n) is 14.3. The zero-order valence-corrected chi connectivity index (χ0v) is 16.7. The minimum absolute atomic E-state index is 0.0679. The fourth-order valence-corrected chi connectivity index (χ4v) is 4.39.